The zero-order valence-electron chi connectivity index (χ0n) is 9.88. The summed E-state index contributed by atoms with van der Waals surface area (Å²) in [5, 5.41) is 4.29. The zero-order valence-corrected chi connectivity index (χ0v) is 12.2. The summed E-state index contributed by atoms with van der Waals surface area (Å²) >= 11 is 9.59. The van der Waals surface area contributed by atoms with E-state index in [1.807, 2.05) is 18.2 Å². The van der Waals surface area contributed by atoms with Crippen LogP contribution < -0.4 is 5.32 Å². The summed E-state index contributed by atoms with van der Waals surface area (Å²) in [5.74, 6) is 0. The maximum absolute atomic E-state index is 6.08. The summed E-state index contributed by atoms with van der Waals surface area (Å²) in [7, 11) is 0. The monoisotopic (exact) mass is 317 g/mol. The fourth-order valence-corrected chi connectivity index (χ4v) is 2.68. The van der Waals surface area contributed by atoms with E-state index in [0.29, 0.717) is 12.1 Å². The van der Waals surface area contributed by atoms with Gasteiger partial charge in [0.2, 0.25) is 0 Å². The maximum atomic E-state index is 6.08. The van der Waals surface area contributed by atoms with Crippen LogP contribution in [0.15, 0.2) is 22.7 Å². The lowest BCUT2D eigenvalue weighted by molar-refractivity contribution is 0.00925. The highest BCUT2D eigenvalue weighted by atomic mass is 79.9. The molecule has 1 heterocycles. The summed E-state index contributed by atoms with van der Waals surface area (Å²) in [4.78, 5) is 0. The Labute approximate surface area is 116 Å². The Morgan fingerprint density at radius 2 is 2.35 bits per heavy atom. The molecule has 1 saturated heterocycles. The van der Waals surface area contributed by atoms with E-state index in [-0.39, 0.29) is 0 Å². The van der Waals surface area contributed by atoms with Gasteiger partial charge in [-0.05, 0) is 47.3 Å². The fourth-order valence-electron chi connectivity index (χ4n) is 2.13. The zero-order chi connectivity index (χ0) is 12.3. The van der Waals surface area contributed by atoms with Gasteiger partial charge in [-0.3, -0.25) is 0 Å². The highest BCUT2D eigenvalue weighted by Gasteiger charge is 2.21. The molecule has 1 N–H and O–H groups in total. The molecule has 1 aromatic rings. The van der Waals surface area contributed by atoms with Crippen molar-refractivity contribution in [3.63, 3.8) is 0 Å². The number of rotatable bonds is 3. The lowest BCUT2D eigenvalue weighted by Gasteiger charge is -2.30. The van der Waals surface area contributed by atoms with Gasteiger partial charge in [-0.15, -0.1) is 0 Å². The van der Waals surface area contributed by atoms with Crippen molar-refractivity contribution in [2.75, 3.05) is 11.9 Å². The second kappa shape index (κ2) is 6.07. The van der Waals surface area contributed by atoms with Crippen molar-refractivity contribution >= 4 is 33.2 Å². The van der Waals surface area contributed by atoms with Gasteiger partial charge in [0.15, 0.2) is 0 Å². The van der Waals surface area contributed by atoms with Crippen LogP contribution in [-0.4, -0.2) is 18.8 Å². The number of halogens is 2. The number of benzene rings is 1. The van der Waals surface area contributed by atoms with E-state index < -0.39 is 0 Å². The van der Waals surface area contributed by atoms with Crippen molar-refractivity contribution in [3.8, 4) is 0 Å². The van der Waals surface area contributed by atoms with E-state index in [9.17, 15) is 0 Å². The van der Waals surface area contributed by atoms with Gasteiger partial charge in [-0.2, -0.15) is 0 Å². The van der Waals surface area contributed by atoms with Crippen LogP contribution in [0.5, 0.6) is 0 Å². The molecule has 2 atom stereocenters. The highest BCUT2D eigenvalue weighted by molar-refractivity contribution is 9.10. The molecule has 0 amide bonds. The van der Waals surface area contributed by atoms with Crippen LogP contribution in [0.1, 0.15) is 26.2 Å². The molecule has 2 unspecified atom stereocenters. The molecule has 2 rings (SSSR count). The van der Waals surface area contributed by atoms with Crippen LogP contribution in [0.25, 0.3) is 0 Å². The van der Waals surface area contributed by atoms with E-state index in [1.165, 1.54) is 0 Å². The smallest absolute Gasteiger partial charge is 0.0593 e. The minimum Gasteiger partial charge on any atom is -0.381 e. The second-order valence-electron chi connectivity index (χ2n) is 4.37. The average Bonchev–Trinajstić information content (AvgIpc) is 2.35. The van der Waals surface area contributed by atoms with Crippen molar-refractivity contribution < 1.29 is 4.74 Å². The van der Waals surface area contributed by atoms with Gasteiger partial charge in [-0.25, -0.2) is 0 Å². The first-order chi connectivity index (χ1) is 8.20. The van der Waals surface area contributed by atoms with Gasteiger partial charge in [0.1, 0.15) is 0 Å². The first-order valence-corrected chi connectivity index (χ1v) is 7.20. The minimum absolute atomic E-state index is 0.388. The molecular weight excluding hydrogens is 302 g/mol. The van der Waals surface area contributed by atoms with Crippen LogP contribution >= 0.6 is 27.5 Å². The molecule has 2 nitrogen and oxygen atoms in total. The van der Waals surface area contributed by atoms with Crippen LogP contribution in [0.3, 0.4) is 0 Å². The average molecular weight is 319 g/mol. The van der Waals surface area contributed by atoms with E-state index in [1.54, 1.807) is 0 Å². The molecule has 0 aliphatic carbocycles. The molecule has 17 heavy (non-hydrogen) atoms. The minimum atomic E-state index is 0.388. The number of hydrogen-bond donors (Lipinski definition) is 1. The Kier molecular flexibility index (Phi) is 4.71. The van der Waals surface area contributed by atoms with Crippen molar-refractivity contribution in [3.05, 3.63) is 27.7 Å². The number of anilines is 1. The Morgan fingerprint density at radius 1 is 1.53 bits per heavy atom. The summed E-state index contributed by atoms with van der Waals surface area (Å²) in [6.45, 7) is 3.01. The van der Waals surface area contributed by atoms with E-state index in [2.05, 4.69) is 28.2 Å². The van der Waals surface area contributed by atoms with Gasteiger partial charge in [-0.1, -0.05) is 24.6 Å². The molecular formula is C13H17BrClNO. The topological polar surface area (TPSA) is 21.3 Å². The van der Waals surface area contributed by atoms with Gasteiger partial charge in [0.25, 0.3) is 0 Å². The molecule has 0 saturated carbocycles. The molecule has 1 aliphatic heterocycles. The van der Waals surface area contributed by atoms with Crippen LogP contribution in [-0.2, 0) is 4.74 Å². The lowest BCUT2D eigenvalue weighted by Crippen LogP contribution is -2.33. The first kappa shape index (κ1) is 13.2. The lowest BCUT2D eigenvalue weighted by atomic mass is 10.0. The SMILES string of the molecule is CCC1CC(Nc2cccc(Cl)c2Br)CCO1. The third-order valence-corrected chi connectivity index (χ3v) is 4.53. The Morgan fingerprint density at radius 3 is 3.12 bits per heavy atom. The summed E-state index contributed by atoms with van der Waals surface area (Å²) in [6, 6.07) is 6.37. The number of nitrogens with one attached hydrogen (secondary N) is 1. The predicted octanol–water partition coefficient (Wildman–Crippen LogP) is 4.47. The third kappa shape index (κ3) is 3.36. The van der Waals surface area contributed by atoms with Crippen LogP contribution in [0, 0.1) is 0 Å². The Balaban J connectivity index is 2.02. The van der Waals surface area contributed by atoms with Gasteiger partial charge >= 0.3 is 0 Å². The van der Waals surface area contributed by atoms with E-state index in [4.69, 9.17) is 16.3 Å². The molecule has 0 bridgehead atoms. The molecule has 0 radical (unpaired) electrons. The molecule has 0 spiro atoms. The van der Waals surface area contributed by atoms with Crippen molar-refractivity contribution in [1.82, 2.24) is 0 Å². The molecule has 4 heteroatoms. The Hall–Kier alpha value is -0.250. The quantitative estimate of drug-likeness (QED) is 0.887. The molecule has 1 aromatic carbocycles. The molecule has 1 aliphatic rings. The highest BCUT2D eigenvalue weighted by Crippen LogP contribution is 2.31. The maximum Gasteiger partial charge on any atom is 0.0593 e. The fraction of sp³-hybridized carbons (Fsp3) is 0.538. The third-order valence-electron chi connectivity index (χ3n) is 3.13. The standard InChI is InChI=1S/C13H17BrClNO/c1-2-10-8-9(6-7-17-10)16-12-5-3-4-11(15)13(12)14/h3-5,9-10,16H,2,6-8H2,1H3. The predicted molar refractivity (Wildman–Crippen MR) is 75.8 cm³/mol. The van der Waals surface area contributed by atoms with Gasteiger partial charge in [0, 0.05) is 12.6 Å². The number of hydrogen-bond acceptors (Lipinski definition) is 2. The number of ether oxygens (including phenoxy) is 1. The molecule has 1 fully saturated rings. The van der Waals surface area contributed by atoms with Crippen molar-refractivity contribution in [2.45, 2.75) is 38.3 Å². The van der Waals surface area contributed by atoms with Gasteiger partial charge < -0.3 is 10.1 Å². The second-order valence-corrected chi connectivity index (χ2v) is 5.57. The van der Waals surface area contributed by atoms with E-state index in [0.717, 1.165) is 41.1 Å². The molecule has 94 valence electrons. The first-order valence-electron chi connectivity index (χ1n) is 6.03. The van der Waals surface area contributed by atoms with Crippen molar-refractivity contribution in [2.24, 2.45) is 0 Å². The van der Waals surface area contributed by atoms with Crippen LogP contribution in [0.4, 0.5) is 5.69 Å². The van der Waals surface area contributed by atoms with E-state index >= 15 is 0 Å². The normalized spacial score (nSPS) is 24.6. The Bertz CT molecular complexity index is 386. The van der Waals surface area contributed by atoms with Crippen molar-refractivity contribution in [1.29, 1.82) is 0 Å². The summed E-state index contributed by atoms with van der Waals surface area (Å²) in [5.41, 5.74) is 1.07. The summed E-state index contributed by atoms with van der Waals surface area (Å²) in [6.07, 6.45) is 3.58. The summed E-state index contributed by atoms with van der Waals surface area (Å²) < 4.78 is 6.62. The largest absolute Gasteiger partial charge is 0.381 e. The van der Waals surface area contributed by atoms with Gasteiger partial charge in [0.05, 0.1) is 21.3 Å². The van der Waals surface area contributed by atoms with Crippen LogP contribution in [0.2, 0.25) is 5.02 Å². The molecule has 0 aromatic heterocycles.